The minimum absolute atomic E-state index is 0.0113. The van der Waals surface area contributed by atoms with E-state index < -0.39 is 23.9 Å². The monoisotopic (exact) mass is 546 g/mol. The van der Waals surface area contributed by atoms with Crippen LogP contribution in [-0.4, -0.2) is 34.1 Å². The Kier molecular flexibility index (Phi) is 9.79. The molecule has 0 spiro atoms. The molecule has 40 heavy (non-hydrogen) atoms. The van der Waals surface area contributed by atoms with Crippen molar-refractivity contribution in [3.05, 3.63) is 89.0 Å². The van der Waals surface area contributed by atoms with Gasteiger partial charge in [-0.05, 0) is 77.7 Å². The Morgan fingerprint density at radius 3 is 1.65 bits per heavy atom. The van der Waals surface area contributed by atoms with Crippen molar-refractivity contribution in [3.63, 3.8) is 0 Å². The van der Waals surface area contributed by atoms with Gasteiger partial charge in [0.05, 0.1) is 0 Å². The Hall–Kier alpha value is -5.38. The highest BCUT2D eigenvalue weighted by Gasteiger charge is 2.09. The van der Waals surface area contributed by atoms with Crippen LogP contribution < -0.4 is 14.2 Å². The number of rotatable bonds is 9. The van der Waals surface area contributed by atoms with E-state index in [1.807, 2.05) is 0 Å². The first-order valence-corrected chi connectivity index (χ1v) is 11.9. The number of hydrogen-bond donors (Lipinski definition) is 2. The number of aryl methyl sites for hydroxylation is 1. The molecule has 0 saturated heterocycles. The minimum Gasteiger partial charge on any atom is -0.504 e. The highest BCUT2D eigenvalue weighted by Crippen LogP contribution is 2.28. The van der Waals surface area contributed by atoms with Gasteiger partial charge in [0.15, 0.2) is 23.0 Å². The van der Waals surface area contributed by atoms with Gasteiger partial charge in [-0.1, -0.05) is 18.2 Å². The molecule has 10 nitrogen and oxygen atoms in total. The number of carbonyl (C=O) groups excluding carboxylic acids is 4. The first kappa shape index (κ1) is 29.2. The number of carbonyl (C=O) groups is 4. The molecule has 3 rings (SSSR count). The lowest BCUT2D eigenvalue weighted by atomic mass is 10.1. The van der Waals surface area contributed by atoms with Crippen LogP contribution >= 0.6 is 0 Å². The van der Waals surface area contributed by atoms with Gasteiger partial charge >= 0.3 is 23.9 Å². The number of hydrogen-bond acceptors (Lipinski definition) is 10. The molecule has 0 aliphatic rings. The number of esters is 4. The normalized spacial score (nSPS) is 10.9. The zero-order chi connectivity index (χ0) is 29.2. The maximum absolute atomic E-state index is 12.3. The maximum atomic E-state index is 12.3. The van der Waals surface area contributed by atoms with E-state index in [1.165, 1.54) is 62.4 Å². The lowest BCUT2D eigenvalue weighted by Gasteiger charge is -2.08. The second-order valence-electron chi connectivity index (χ2n) is 8.44. The molecule has 10 heteroatoms. The molecule has 2 N–H and O–H groups in total. The molecule has 0 fully saturated rings. The summed E-state index contributed by atoms with van der Waals surface area (Å²) < 4.78 is 20.3. The molecular weight excluding hydrogens is 520 g/mol. The van der Waals surface area contributed by atoms with E-state index >= 15 is 0 Å². The smallest absolute Gasteiger partial charge is 0.336 e. The largest absolute Gasteiger partial charge is 0.504 e. The molecule has 0 saturated carbocycles. The molecule has 3 aromatic rings. The summed E-state index contributed by atoms with van der Waals surface area (Å²) in [5.41, 5.74) is 2.29. The van der Waals surface area contributed by atoms with E-state index in [0.717, 1.165) is 0 Å². The van der Waals surface area contributed by atoms with E-state index in [2.05, 4.69) is 0 Å². The van der Waals surface area contributed by atoms with Gasteiger partial charge in [-0.2, -0.15) is 0 Å². The summed E-state index contributed by atoms with van der Waals surface area (Å²) in [6.45, 7) is 4.14. The fourth-order valence-corrected chi connectivity index (χ4v) is 3.35. The molecule has 0 radical (unpaired) electrons. The fraction of sp³-hybridized carbons (Fsp3) is 0.133. The molecule has 0 unspecified atom stereocenters. The van der Waals surface area contributed by atoms with Gasteiger partial charge in [-0.15, -0.1) is 0 Å². The zero-order valence-electron chi connectivity index (χ0n) is 21.9. The Balaban J connectivity index is 1.52. The zero-order valence-corrected chi connectivity index (χ0v) is 21.9. The summed E-state index contributed by atoms with van der Waals surface area (Å²) in [5, 5.41) is 19.8. The van der Waals surface area contributed by atoms with Crippen LogP contribution in [0.1, 0.15) is 36.1 Å². The molecule has 0 amide bonds. The highest BCUT2D eigenvalue weighted by molar-refractivity contribution is 5.89. The van der Waals surface area contributed by atoms with Gasteiger partial charge in [0.2, 0.25) is 0 Å². The first-order valence-electron chi connectivity index (χ1n) is 11.9. The van der Waals surface area contributed by atoms with Crippen molar-refractivity contribution < 1.29 is 48.3 Å². The lowest BCUT2D eigenvalue weighted by molar-refractivity contribution is -0.139. The second-order valence-corrected chi connectivity index (χ2v) is 8.44. The molecule has 0 aliphatic carbocycles. The van der Waals surface area contributed by atoms with E-state index in [4.69, 9.17) is 18.9 Å². The van der Waals surface area contributed by atoms with Crippen LogP contribution in [0.3, 0.4) is 0 Å². The van der Waals surface area contributed by atoms with Gasteiger partial charge in [0.25, 0.3) is 0 Å². The van der Waals surface area contributed by atoms with Crippen LogP contribution in [0.25, 0.3) is 12.2 Å². The topological polar surface area (TPSA) is 146 Å². The second kappa shape index (κ2) is 13.4. The quantitative estimate of drug-likeness (QED) is 0.221. The summed E-state index contributed by atoms with van der Waals surface area (Å²) >= 11 is 0. The van der Waals surface area contributed by atoms with Crippen LogP contribution in [0.4, 0.5) is 0 Å². The number of ether oxygens (including phenoxy) is 4. The van der Waals surface area contributed by atoms with Crippen LogP contribution in [0.5, 0.6) is 28.7 Å². The van der Waals surface area contributed by atoms with E-state index in [-0.39, 0.29) is 29.6 Å². The first-order chi connectivity index (χ1) is 19.0. The highest BCUT2D eigenvalue weighted by atomic mass is 16.5. The van der Waals surface area contributed by atoms with Crippen LogP contribution in [0.2, 0.25) is 0 Å². The van der Waals surface area contributed by atoms with E-state index in [1.54, 1.807) is 37.3 Å². The van der Waals surface area contributed by atoms with Gasteiger partial charge in [-0.3, -0.25) is 9.59 Å². The van der Waals surface area contributed by atoms with E-state index in [9.17, 15) is 29.4 Å². The maximum Gasteiger partial charge on any atom is 0.336 e. The summed E-state index contributed by atoms with van der Waals surface area (Å²) in [4.78, 5) is 46.4. The van der Waals surface area contributed by atoms with Gasteiger partial charge in [0, 0.05) is 26.0 Å². The summed E-state index contributed by atoms with van der Waals surface area (Å²) in [5.74, 6) is -2.55. The van der Waals surface area contributed by atoms with Crippen molar-refractivity contribution in [2.24, 2.45) is 0 Å². The molecule has 206 valence electrons. The third kappa shape index (κ3) is 8.88. The Labute approximate surface area is 229 Å². The summed E-state index contributed by atoms with van der Waals surface area (Å²) in [6, 6.07) is 13.5. The summed E-state index contributed by atoms with van der Waals surface area (Å²) in [6.07, 6.45) is 5.26. The third-order valence-electron chi connectivity index (χ3n) is 5.13. The molecular formula is C30H26O10. The van der Waals surface area contributed by atoms with Crippen molar-refractivity contribution in [3.8, 4) is 28.7 Å². The fourth-order valence-electron chi connectivity index (χ4n) is 3.35. The molecule has 0 aliphatic heterocycles. The van der Waals surface area contributed by atoms with Crippen molar-refractivity contribution in [2.75, 3.05) is 0 Å². The lowest BCUT2D eigenvalue weighted by Crippen LogP contribution is -2.06. The number of phenols is 2. The van der Waals surface area contributed by atoms with Crippen LogP contribution in [0, 0.1) is 6.92 Å². The standard InChI is InChI=1S/C30H26O10/c1-18-14-23(17-37-29(35)12-7-21-4-10-27(24(33)15-21)38-19(2)31)6-9-26(18)40-30(36)13-8-22-5-11-28(25(34)16-22)39-20(3)32/h4-16,33-34H,17H2,1-3H3/b12-7+,13-8+. The Morgan fingerprint density at radius 1 is 0.675 bits per heavy atom. The van der Waals surface area contributed by atoms with Crippen LogP contribution in [0.15, 0.2) is 66.7 Å². The molecule has 0 heterocycles. The third-order valence-corrected chi connectivity index (χ3v) is 5.13. The molecule has 0 bridgehead atoms. The Bertz CT molecular complexity index is 1500. The van der Waals surface area contributed by atoms with Crippen molar-refractivity contribution >= 4 is 36.0 Å². The van der Waals surface area contributed by atoms with Crippen molar-refractivity contribution in [1.29, 1.82) is 0 Å². The Morgan fingerprint density at radius 2 is 1.18 bits per heavy atom. The summed E-state index contributed by atoms with van der Waals surface area (Å²) in [7, 11) is 0. The predicted octanol–water partition coefficient (Wildman–Crippen LogP) is 4.63. The molecule has 3 aromatic carbocycles. The average Bonchev–Trinajstić information content (AvgIpc) is 2.89. The predicted molar refractivity (Wildman–Crippen MR) is 144 cm³/mol. The SMILES string of the molecule is CC(=O)Oc1ccc(/C=C/C(=O)OCc2ccc(OC(=O)/C=C/c3ccc(OC(C)=O)c(O)c3)c(C)c2)cc1O. The van der Waals surface area contributed by atoms with Gasteiger partial charge in [0.1, 0.15) is 12.4 Å². The number of benzene rings is 3. The van der Waals surface area contributed by atoms with Gasteiger partial charge in [-0.25, -0.2) is 9.59 Å². The van der Waals surface area contributed by atoms with Crippen molar-refractivity contribution in [1.82, 2.24) is 0 Å². The minimum atomic E-state index is -0.650. The number of aromatic hydroxyl groups is 2. The van der Waals surface area contributed by atoms with Gasteiger partial charge < -0.3 is 29.2 Å². The molecule has 0 aromatic heterocycles. The molecule has 0 atom stereocenters. The van der Waals surface area contributed by atoms with Crippen LogP contribution in [-0.2, 0) is 30.5 Å². The number of phenolic OH excluding ortho intramolecular Hbond substituents is 2. The van der Waals surface area contributed by atoms with Crippen molar-refractivity contribution in [2.45, 2.75) is 27.4 Å². The van der Waals surface area contributed by atoms with E-state index in [0.29, 0.717) is 28.0 Å². The average molecular weight is 547 g/mol.